The summed E-state index contributed by atoms with van der Waals surface area (Å²) in [5, 5.41) is 2.80. The zero-order valence-corrected chi connectivity index (χ0v) is 20.5. The smallest absolute Gasteiger partial charge is 0.407 e. The fraction of sp³-hybridized carbons (Fsp3) is 0.310. The number of nitrogens with zero attached hydrogens (tertiary/aromatic N) is 1. The molecule has 1 aliphatic rings. The second-order valence-electron chi connectivity index (χ2n) is 9.77. The van der Waals surface area contributed by atoms with E-state index in [1.165, 1.54) is 0 Å². The molecule has 1 N–H and O–H groups in total. The summed E-state index contributed by atoms with van der Waals surface area (Å²) in [4.78, 5) is 16.4. The van der Waals surface area contributed by atoms with Crippen LogP contribution < -0.4 is 14.8 Å². The highest BCUT2D eigenvalue weighted by atomic mass is 16.6. The van der Waals surface area contributed by atoms with Crippen LogP contribution in [0, 0.1) is 0 Å². The van der Waals surface area contributed by atoms with E-state index < -0.39 is 0 Å². The lowest BCUT2D eigenvalue weighted by Gasteiger charge is -2.35. The maximum Gasteiger partial charge on any atom is 0.407 e. The normalized spacial score (nSPS) is 17.1. The van der Waals surface area contributed by atoms with Crippen LogP contribution in [0.3, 0.4) is 0 Å². The second kappa shape index (κ2) is 10.6. The Labute approximate surface area is 207 Å². The van der Waals surface area contributed by atoms with Crippen LogP contribution in [-0.4, -0.2) is 28.8 Å². The van der Waals surface area contributed by atoms with Gasteiger partial charge in [-0.05, 0) is 56.2 Å². The van der Waals surface area contributed by atoms with E-state index in [-0.39, 0.29) is 23.8 Å². The molecule has 1 aromatic heterocycles. The van der Waals surface area contributed by atoms with Gasteiger partial charge in [0.05, 0.1) is 11.9 Å². The Hall–Kier alpha value is -3.80. The Kier molecular flexibility index (Phi) is 7.39. The summed E-state index contributed by atoms with van der Waals surface area (Å²) in [5.41, 5.74) is 3.40. The number of hydrogen-bond donors (Lipinski definition) is 1. The number of carbonyl (C=O) groups is 1. The number of alkyl carbamates (subject to hydrolysis) is 1. The number of rotatable bonds is 8. The van der Waals surface area contributed by atoms with E-state index in [0.29, 0.717) is 25.2 Å². The fourth-order valence-corrected chi connectivity index (χ4v) is 3.66. The molecule has 1 aliphatic carbocycles. The highest BCUT2D eigenvalue weighted by Gasteiger charge is 2.34. The van der Waals surface area contributed by atoms with Crippen molar-refractivity contribution >= 4 is 11.7 Å². The van der Waals surface area contributed by atoms with Gasteiger partial charge in [-0.25, -0.2) is 4.79 Å². The maximum absolute atomic E-state index is 11.9. The van der Waals surface area contributed by atoms with Gasteiger partial charge in [-0.15, -0.1) is 0 Å². The van der Waals surface area contributed by atoms with E-state index >= 15 is 0 Å². The third-order valence-corrected chi connectivity index (χ3v) is 5.60. The quantitative estimate of drug-likeness (QED) is 0.425. The largest absolute Gasteiger partial charge is 0.489 e. The van der Waals surface area contributed by atoms with Crippen molar-refractivity contribution in [3.05, 3.63) is 96.3 Å². The van der Waals surface area contributed by atoms with Crippen LogP contribution in [0.15, 0.2) is 79.5 Å². The van der Waals surface area contributed by atoms with Crippen molar-refractivity contribution in [3.8, 4) is 11.5 Å². The first-order valence-electron chi connectivity index (χ1n) is 11.8. The summed E-state index contributed by atoms with van der Waals surface area (Å²) in [6.07, 6.45) is 2.56. The number of benzene rings is 2. The van der Waals surface area contributed by atoms with E-state index in [4.69, 9.17) is 14.2 Å². The van der Waals surface area contributed by atoms with E-state index in [0.717, 1.165) is 28.1 Å². The predicted molar refractivity (Wildman–Crippen MR) is 136 cm³/mol. The Morgan fingerprint density at radius 1 is 0.971 bits per heavy atom. The lowest BCUT2D eigenvalue weighted by Crippen LogP contribution is -2.46. The Morgan fingerprint density at radius 3 is 2.29 bits per heavy atom. The average molecular weight is 473 g/mol. The molecule has 182 valence electrons. The lowest BCUT2D eigenvalue weighted by molar-refractivity contribution is -0.0245. The summed E-state index contributed by atoms with van der Waals surface area (Å²) in [6, 6.07) is 21.7. The molecule has 3 aromatic rings. The van der Waals surface area contributed by atoms with Crippen LogP contribution in [0.4, 0.5) is 4.79 Å². The number of carbonyl (C=O) groups excluding carboxylic acids is 1. The number of aromatic nitrogens is 1. The Balaban J connectivity index is 1.23. The number of pyridine rings is 1. The van der Waals surface area contributed by atoms with Gasteiger partial charge in [-0.2, -0.15) is 0 Å². The monoisotopic (exact) mass is 472 g/mol. The minimum atomic E-state index is -0.388. The molecule has 35 heavy (non-hydrogen) atoms. The highest BCUT2D eigenvalue weighted by Crippen LogP contribution is 2.29. The predicted octanol–water partition coefficient (Wildman–Crippen LogP) is 6.16. The van der Waals surface area contributed by atoms with Crippen molar-refractivity contribution in [2.45, 2.75) is 58.0 Å². The van der Waals surface area contributed by atoms with Crippen LogP contribution >= 0.6 is 0 Å². The van der Waals surface area contributed by atoms with Crippen molar-refractivity contribution < 1.29 is 19.0 Å². The third kappa shape index (κ3) is 7.09. The Morgan fingerprint density at radius 2 is 1.66 bits per heavy atom. The minimum absolute atomic E-state index is 0.0155. The molecule has 4 rings (SSSR count). The van der Waals surface area contributed by atoms with E-state index in [1.807, 2.05) is 87.5 Å². The van der Waals surface area contributed by atoms with Crippen molar-refractivity contribution in [1.82, 2.24) is 10.3 Å². The second-order valence-corrected chi connectivity index (χ2v) is 9.77. The molecule has 6 nitrogen and oxygen atoms in total. The summed E-state index contributed by atoms with van der Waals surface area (Å²) in [7, 11) is 0. The molecule has 1 saturated carbocycles. The van der Waals surface area contributed by atoms with Crippen molar-refractivity contribution in [2.75, 3.05) is 0 Å². The molecule has 1 heterocycles. The fourth-order valence-electron chi connectivity index (χ4n) is 3.66. The molecule has 1 fully saturated rings. The van der Waals surface area contributed by atoms with Crippen LogP contribution in [0.5, 0.6) is 11.5 Å². The molecule has 6 heteroatoms. The van der Waals surface area contributed by atoms with Gasteiger partial charge in [0.25, 0.3) is 0 Å². The molecule has 0 aliphatic heterocycles. The van der Waals surface area contributed by atoms with Crippen LogP contribution in [0.25, 0.3) is 5.57 Å². The molecule has 0 spiro atoms. The molecule has 0 unspecified atom stereocenters. The van der Waals surface area contributed by atoms with Gasteiger partial charge in [0.1, 0.15) is 30.3 Å². The minimum Gasteiger partial charge on any atom is -0.489 e. The number of amides is 1. The number of hydrogen-bond acceptors (Lipinski definition) is 5. The summed E-state index contributed by atoms with van der Waals surface area (Å²) in [5.74, 6) is 1.49. The molecular formula is C29H32N2O4. The van der Waals surface area contributed by atoms with Gasteiger partial charge in [0.15, 0.2) is 0 Å². The topological polar surface area (TPSA) is 69.7 Å². The molecule has 0 bridgehead atoms. The Bertz CT molecular complexity index is 1130. The first kappa shape index (κ1) is 24.3. The number of nitrogens with one attached hydrogen (secondary N) is 1. The molecule has 0 saturated heterocycles. The lowest BCUT2D eigenvalue weighted by atomic mass is 9.92. The molecule has 0 atom stereocenters. The zero-order chi connectivity index (χ0) is 24.8. The van der Waals surface area contributed by atoms with Crippen molar-refractivity contribution in [2.24, 2.45) is 0 Å². The maximum atomic E-state index is 11.9. The van der Waals surface area contributed by atoms with Gasteiger partial charge in [0, 0.05) is 24.0 Å². The van der Waals surface area contributed by atoms with Gasteiger partial charge in [-0.3, -0.25) is 4.98 Å². The molecule has 0 radical (unpaired) electrons. The standard InChI is InChI=1S/C29H32N2O4/c1-20(22-10-12-23(13-11-22)33-19-21-8-6-5-7-9-21)27-15-14-24(18-30-27)34-25-16-26(17-25)35-28(32)31-29(2,3)4/h5-15,18,25-26H,1,16-17,19H2,2-4H3,(H,31,32). The molecule has 2 aromatic carbocycles. The van der Waals surface area contributed by atoms with E-state index in [9.17, 15) is 4.79 Å². The zero-order valence-electron chi connectivity index (χ0n) is 20.5. The molecular weight excluding hydrogens is 440 g/mol. The first-order valence-corrected chi connectivity index (χ1v) is 11.8. The van der Waals surface area contributed by atoms with Crippen LogP contribution in [-0.2, 0) is 11.3 Å². The van der Waals surface area contributed by atoms with Crippen molar-refractivity contribution in [1.29, 1.82) is 0 Å². The van der Waals surface area contributed by atoms with Gasteiger partial charge in [-0.1, -0.05) is 49.0 Å². The summed E-state index contributed by atoms with van der Waals surface area (Å²) < 4.78 is 17.2. The van der Waals surface area contributed by atoms with Gasteiger partial charge in [0.2, 0.25) is 0 Å². The first-order chi connectivity index (χ1) is 16.7. The summed E-state index contributed by atoms with van der Waals surface area (Å²) >= 11 is 0. The number of ether oxygens (including phenoxy) is 3. The van der Waals surface area contributed by atoms with E-state index in [2.05, 4.69) is 16.9 Å². The molecule has 1 amide bonds. The SMILES string of the molecule is C=C(c1ccc(OCc2ccccc2)cc1)c1ccc(OC2CC(OC(=O)NC(C)(C)C)C2)cn1. The average Bonchev–Trinajstić information content (AvgIpc) is 2.81. The summed E-state index contributed by atoms with van der Waals surface area (Å²) in [6.45, 7) is 10.5. The van der Waals surface area contributed by atoms with E-state index in [1.54, 1.807) is 6.20 Å². The van der Waals surface area contributed by atoms with Gasteiger partial charge < -0.3 is 19.5 Å². The highest BCUT2D eigenvalue weighted by molar-refractivity contribution is 5.76. The van der Waals surface area contributed by atoms with Crippen LogP contribution in [0.1, 0.15) is 50.4 Å². The van der Waals surface area contributed by atoms with Crippen LogP contribution in [0.2, 0.25) is 0 Å². The third-order valence-electron chi connectivity index (χ3n) is 5.60. The van der Waals surface area contributed by atoms with Crippen molar-refractivity contribution in [3.63, 3.8) is 0 Å². The van der Waals surface area contributed by atoms with Gasteiger partial charge >= 0.3 is 6.09 Å².